The van der Waals surface area contributed by atoms with Gasteiger partial charge in [0.05, 0.1) is 65.3 Å². The molecule has 16 heteroatoms. The van der Waals surface area contributed by atoms with Gasteiger partial charge >= 0.3 is 17.9 Å². The SMILES string of the molecule is CC[C@H]1OC(=O)[C@H](C)[C@@H](OC2C[C@@](C)(OC)[C@@H](OC(=O)c3ccccc3)[C@H](C)O2)[C@H](C)[C@@H](OC2O[C@H](C)C[C@H](N(C)C)[C@H]2OC(=O)c2ccccc2)[C@@](C)(OC)C[C@@H](C)[C@H](O)[C@H](C)[C@@H](O)[C@@]1(O)CC. The summed E-state index contributed by atoms with van der Waals surface area (Å²) in [6.45, 7) is 17.8. The minimum Gasteiger partial charge on any atom is -0.459 e. The number of ether oxygens (including phenoxy) is 9. The van der Waals surface area contributed by atoms with E-state index in [9.17, 15) is 29.7 Å². The number of carbonyl (C=O) groups is 3. The smallest absolute Gasteiger partial charge is 0.338 e. The molecule has 5 rings (SSSR count). The van der Waals surface area contributed by atoms with E-state index < -0.39 is 120 Å². The number of aliphatic hydroxyl groups is 3. The molecule has 3 fully saturated rings. The molecule has 0 aromatic heterocycles. The van der Waals surface area contributed by atoms with Gasteiger partial charge in [0.15, 0.2) is 24.8 Å². The van der Waals surface area contributed by atoms with Gasteiger partial charge in [-0.15, -0.1) is 0 Å². The quantitative estimate of drug-likeness (QED) is 0.148. The van der Waals surface area contributed by atoms with E-state index in [4.69, 9.17) is 42.6 Å². The van der Waals surface area contributed by atoms with Crippen LogP contribution in [0.3, 0.4) is 0 Å². The summed E-state index contributed by atoms with van der Waals surface area (Å²) in [5, 5.41) is 36.2. The van der Waals surface area contributed by atoms with Crippen molar-refractivity contribution in [3.63, 3.8) is 0 Å². The molecule has 2 aromatic carbocycles. The maximum absolute atomic E-state index is 14.8. The van der Waals surface area contributed by atoms with E-state index in [0.29, 0.717) is 17.5 Å². The highest BCUT2D eigenvalue weighted by Crippen LogP contribution is 2.43. The summed E-state index contributed by atoms with van der Waals surface area (Å²) in [6, 6.07) is 16.9. The normalized spacial score (nSPS) is 40.6. The van der Waals surface area contributed by atoms with Crippen molar-refractivity contribution in [2.45, 2.75) is 192 Å². The summed E-state index contributed by atoms with van der Waals surface area (Å²) in [7, 11) is 6.86. The molecule has 0 amide bonds. The van der Waals surface area contributed by atoms with Crippen molar-refractivity contribution in [1.29, 1.82) is 0 Å². The summed E-state index contributed by atoms with van der Waals surface area (Å²) in [5.74, 6) is -5.19. The van der Waals surface area contributed by atoms with Crippen LogP contribution in [0.25, 0.3) is 0 Å². The van der Waals surface area contributed by atoms with Gasteiger partial charge in [-0.2, -0.15) is 0 Å². The number of hydrogen-bond acceptors (Lipinski definition) is 16. The molecule has 2 unspecified atom stereocenters. The number of likely N-dealkylation sites (N-methyl/N-ethyl adjacent to an activating group) is 1. The van der Waals surface area contributed by atoms with E-state index >= 15 is 0 Å². The molecule has 2 aromatic rings. The van der Waals surface area contributed by atoms with Crippen molar-refractivity contribution >= 4 is 17.9 Å². The van der Waals surface area contributed by atoms with Gasteiger partial charge in [-0.05, 0) is 105 Å². The van der Waals surface area contributed by atoms with E-state index in [0.717, 1.165) is 0 Å². The average Bonchev–Trinajstić information content (AvgIpc) is 3.34. The molecule has 3 heterocycles. The van der Waals surface area contributed by atoms with Crippen LogP contribution in [-0.2, 0) is 47.4 Å². The number of methoxy groups -OCH3 is 2. The Bertz CT molecular complexity index is 1960. The lowest BCUT2D eigenvalue weighted by molar-refractivity contribution is -0.319. The van der Waals surface area contributed by atoms with Crippen LogP contribution in [0.5, 0.6) is 0 Å². The lowest BCUT2D eigenvalue weighted by Gasteiger charge is -2.51. The molecule has 0 saturated carbocycles. The molecule has 69 heavy (non-hydrogen) atoms. The second-order valence-electron chi connectivity index (χ2n) is 20.5. The van der Waals surface area contributed by atoms with Crippen LogP contribution in [0.1, 0.15) is 122 Å². The first-order valence-electron chi connectivity index (χ1n) is 24.7. The average molecular weight is 972 g/mol. The zero-order valence-corrected chi connectivity index (χ0v) is 43.2. The Labute approximate surface area is 409 Å². The van der Waals surface area contributed by atoms with Gasteiger partial charge in [-0.25, -0.2) is 9.59 Å². The molecule has 3 aliphatic heterocycles. The third kappa shape index (κ3) is 12.6. The lowest BCUT2D eigenvalue weighted by Crippen LogP contribution is -2.62. The first kappa shape index (κ1) is 56.4. The van der Waals surface area contributed by atoms with Crippen LogP contribution in [0.15, 0.2) is 60.7 Å². The predicted molar refractivity (Wildman–Crippen MR) is 256 cm³/mol. The highest BCUT2D eigenvalue weighted by atomic mass is 16.7. The second-order valence-corrected chi connectivity index (χ2v) is 20.5. The van der Waals surface area contributed by atoms with Crippen molar-refractivity contribution in [2.24, 2.45) is 23.7 Å². The Balaban J connectivity index is 1.63. The van der Waals surface area contributed by atoms with E-state index in [1.54, 1.807) is 89.2 Å². The first-order chi connectivity index (χ1) is 32.5. The van der Waals surface area contributed by atoms with Crippen LogP contribution in [0.2, 0.25) is 0 Å². The third-order valence-corrected chi connectivity index (χ3v) is 15.3. The molecule has 19 atom stereocenters. The summed E-state index contributed by atoms with van der Waals surface area (Å²) in [5.41, 5.74) is -3.65. The summed E-state index contributed by atoms with van der Waals surface area (Å²) in [6.07, 6.45) is -10.3. The first-order valence-corrected chi connectivity index (χ1v) is 24.7. The van der Waals surface area contributed by atoms with Crippen molar-refractivity contribution in [2.75, 3.05) is 28.3 Å². The minimum atomic E-state index is -1.93. The van der Waals surface area contributed by atoms with Crippen molar-refractivity contribution in [3.8, 4) is 0 Å². The van der Waals surface area contributed by atoms with Crippen LogP contribution in [0, 0.1) is 23.7 Å². The summed E-state index contributed by atoms with van der Waals surface area (Å²) < 4.78 is 58.7. The number of aliphatic hydroxyl groups excluding tert-OH is 2. The number of carbonyl (C=O) groups excluding carboxylic acids is 3. The van der Waals surface area contributed by atoms with Crippen LogP contribution < -0.4 is 0 Å². The highest BCUT2D eigenvalue weighted by Gasteiger charge is 2.56. The molecule has 0 bridgehead atoms. The number of nitrogens with zero attached hydrogens (tertiary/aromatic N) is 1. The monoisotopic (exact) mass is 972 g/mol. The van der Waals surface area contributed by atoms with Gasteiger partial charge in [0.2, 0.25) is 0 Å². The molecular formula is C53H81NO15. The van der Waals surface area contributed by atoms with Crippen LogP contribution in [-0.4, -0.2) is 157 Å². The van der Waals surface area contributed by atoms with E-state index in [2.05, 4.69) is 0 Å². The van der Waals surface area contributed by atoms with Crippen LogP contribution in [0.4, 0.5) is 0 Å². The predicted octanol–water partition coefficient (Wildman–Crippen LogP) is 6.35. The molecule has 0 radical (unpaired) electrons. The molecule has 0 aliphatic carbocycles. The van der Waals surface area contributed by atoms with Gasteiger partial charge in [-0.3, -0.25) is 4.79 Å². The van der Waals surface area contributed by atoms with Gasteiger partial charge in [-0.1, -0.05) is 71.0 Å². The second kappa shape index (κ2) is 23.8. The van der Waals surface area contributed by atoms with Crippen molar-refractivity contribution in [1.82, 2.24) is 4.90 Å². The minimum absolute atomic E-state index is 0.0188. The third-order valence-electron chi connectivity index (χ3n) is 15.3. The fourth-order valence-corrected chi connectivity index (χ4v) is 10.9. The van der Waals surface area contributed by atoms with E-state index in [1.165, 1.54) is 14.2 Å². The molecule has 3 N–H and O–H groups in total. The topological polar surface area (TPSA) is 198 Å². The van der Waals surface area contributed by atoms with Crippen LogP contribution >= 0.6 is 0 Å². The maximum Gasteiger partial charge on any atom is 0.338 e. The number of esters is 3. The Kier molecular flexibility index (Phi) is 19.4. The van der Waals surface area contributed by atoms with Gasteiger partial charge in [0.1, 0.15) is 17.3 Å². The maximum atomic E-state index is 14.8. The molecule has 16 nitrogen and oxygen atoms in total. The van der Waals surface area contributed by atoms with Gasteiger partial charge in [0, 0.05) is 32.5 Å². The molecular weight excluding hydrogens is 891 g/mol. The largest absolute Gasteiger partial charge is 0.459 e. The molecule has 0 spiro atoms. The Hall–Kier alpha value is -3.55. The molecule has 388 valence electrons. The van der Waals surface area contributed by atoms with Gasteiger partial charge < -0.3 is 62.9 Å². The Morgan fingerprint density at radius 1 is 0.754 bits per heavy atom. The zero-order chi connectivity index (χ0) is 51.2. The molecule has 3 aliphatic rings. The van der Waals surface area contributed by atoms with E-state index in [-0.39, 0.29) is 37.8 Å². The van der Waals surface area contributed by atoms with E-state index in [1.807, 2.05) is 59.7 Å². The molecule has 3 saturated heterocycles. The zero-order valence-electron chi connectivity index (χ0n) is 43.2. The summed E-state index contributed by atoms with van der Waals surface area (Å²) >= 11 is 0. The fraction of sp³-hybridized carbons (Fsp3) is 0.717. The fourth-order valence-electron chi connectivity index (χ4n) is 10.9. The Morgan fingerprint density at radius 2 is 1.30 bits per heavy atom. The lowest BCUT2D eigenvalue weighted by atomic mass is 9.72. The van der Waals surface area contributed by atoms with Crippen molar-refractivity contribution < 1.29 is 72.3 Å². The number of benzene rings is 2. The Morgan fingerprint density at radius 3 is 1.83 bits per heavy atom. The highest BCUT2D eigenvalue weighted by molar-refractivity contribution is 5.90. The summed E-state index contributed by atoms with van der Waals surface area (Å²) in [4.78, 5) is 44.0. The van der Waals surface area contributed by atoms with Gasteiger partial charge in [0.25, 0.3) is 0 Å². The number of rotatable bonds is 13. The van der Waals surface area contributed by atoms with Crippen molar-refractivity contribution in [3.05, 3.63) is 71.8 Å². The number of hydrogen-bond donors (Lipinski definition) is 3. The standard InChI is InChI=1S/C53H81NO15/c1-15-39-53(60,16-2)44(56)32(5)41(55)30(3)28-51(9,61-13)45(69-50-43(38(54(11)12)27-31(4)63-50)67-48(58)36-23-19-17-20-24-36)33(6)42(34(7)47(57)65-39)66-40-29-52(10,62-14)46(35(8)64-40)68-49(59)37-25-21-18-22-26-37/h17-26,30-35,38-46,50,55-56,60H,15-16,27-29H2,1-14H3/t30-,31-,32+,33+,34-,35+,38+,39-,40?,41+,42+,43-,44-,45-,46+,50?,51+,52-,53-/m1/s1. The number of cyclic esters (lactones) is 1.